The lowest BCUT2D eigenvalue weighted by molar-refractivity contribution is 0.0914. The van der Waals surface area contributed by atoms with Gasteiger partial charge in [0, 0.05) is 17.3 Å². The maximum absolute atomic E-state index is 12.3. The zero-order valence-corrected chi connectivity index (χ0v) is 15.7. The highest BCUT2D eigenvalue weighted by molar-refractivity contribution is 7.92. The minimum atomic E-state index is -3.31. The van der Waals surface area contributed by atoms with Crippen molar-refractivity contribution < 1.29 is 13.2 Å². The quantitative estimate of drug-likeness (QED) is 0.709. The first-order valence-electron chi connectivity index (χ1n) is 8.03. The summed E-state index contributed by atoms with van der Waals surface area (Å²) >= 11 is 0. The van der Waals surface area contributed by atoms with Gasteiger partial charge in [-0.15, -0.1) is 12.4 Å². The van der Waals surface area contributed by atoms with Crippen molar-refractivity contribution in [3.63, 3.8) is 0 Å². The van der Waals surface area contributed by atoms with Crippen molar-refractivity contribution in [2.75, 3.05) is 23.6 Å². The molecular formula is C16H26ClN3O3S. The van der Waals surface area contributed by atoms with Gasteiger partial charge in [-0.25, -0.2) is 8.42 Å². The Morgan fingerprint density at radius 1 is 1.29 bits per heavy atom. The average molecular weight is 376 g/mol. The van der Waals surface area contributed by atoms with E-state index in [0.29, 0.717) is 23.6 Å². The van der Waals surface area contributed by atoms with Gasteiger partial charge in [0.2, 0.25) is 10.0 Å². The molecule has 0 bridgehead atoms. The second-order valence-corrected chi connectivity index (χ2v) is 7.89. The normalized spacial score (nSPS) is 20.8. The molecule has 1 aromatic rings. The van der Waals surface area contributed by atoms with Crippen LogP contribution >= 0.6 is 12.4 Å². The van der Waals surface area contributed by atoms with Crippen molar-refractivity contribution in [2.45, 2.75) is 32.7 Å². The number of amides is 1. The van der Waals surface area contributed by atoms with E-state index >= 15 is 0 Å². The lowest BCUT2D eigenvalue weighted by Gasteiger charge is -2.30. The van der Waals surface area contributed by atoms with Gasteiger partial charge in [-0.2, -0.15) is 0 Å². The summed E-state index contributed by atoms with van der Waals surface area (Å²) in [6, 6.07) is 6.70. The zero-order valence-electron chi connectivity index (χ0n) is 14.0. The molecule has 2 unspecified atom stereocenters. The largest absolute Gasteiger partial charge is 0.349 e. The van der Waals surface area contributed by atoms with Crippen molar-refractivity contribution in [1.82, 2.24) is 10.6 Å². The molecule has 6 nitrogen and oxygen atoms in total. The fourth-order valence-corrected chi connectivity index (χ4v) is 3.80. The van der Waals surface area contributed by atoms with Crippen molar-refractivity contribution in [2.24, 2.45) is 5.92 Å². The van der Waals surface area contributed by atoms with Crippen LogP contribution in [0.5, 0.6) is 0 Å². The van der Waals surface area contributed by atoms with Crippen LogP contribution in [0.25, 0.3) is 0 Å². The second-order valence-electron chi connectivity index (χ2n) is 6.05. The van der Waals surface area contributed by atoms with Crippen LogP contribution in [0.4, 0.5) is 5.69 Å². The molecule has 2 atom stereocenters. The van der Waals surface area contributed by atoms with Gasteiger partial charge >= 0.3 is 0 Å². The number of hydrogen-bond donors (Lipinski definition) is 3. The summed E-state index contributed by atoms with van der Waals surface area (Å²) in [5, 5.41) is 6.36. The summed E-state index contributed by atoms with van der Waals surface area (Å²) in [6.45, 7) is 5.74. The van der Waals surface area contributed by atoms with Crippen LogP contribution in [-0.4, -0.2) is 39.2 Å². The first-order chi connectivity index (χ1) is 10.9. The smallest absolute Gasteiger partial charge is 0.251 e. The Balaban J connectivity index is 0.00000288. The monoisotopic (exact) mass is 375 g/mol. The van der Waals surface area contributed by atoms with Crippen molar-refractivity contribution >= 4 is 34.0 Å². The second kappa shape index (κ2) is 9.25. The van der Waals surface area contributed by atoms with Crippen LogP contribution < -0.4 is 15.4 Å². The van der Waals surface area contributed by atoms with E-state index in [2.05, 4.69) is 22.3 Å². The highest BCUT2D eigenvalue weighted by atomic mass is 35.5. The molecule has 3 N–H and O–H groups in total. The third-order valence-corrected chi connectivity index (χ3v) is 5.49. The van der Waals surface area contributed by atoms with Gasteiger partial charge < -0.3 is 10.6 Å². The molecule has 1 aliphatic heterocycles. The maximum atomic E-state index is 12.3. The fourth-order valence-electron chi connectivity index (χ4n) is 2.67. The zero-order chi connectivity index (χ0) is 16.9. The number of halogens is 1. The summed E-state index contributed by atoms with van der Waals surface area (Å²) < 4.78 is 25.9. The van der Waals surface area contributed by atoms with Crippen molar-refractivity contribution in [3.05, 3.63) is 29.8 Å². The minimum Gasteiger partial charge on any atom is -0.349 e. The standard InChI is InChI=1S/C16H25N3O3S.ClH/c1-3-10-23(21,22)19-14-6-4-13(5-7-14)16(20)18-15-8-9-17-11-12(15)2;/h4-7,12,15,17,19H,3,8-11H2,1-2H3,(H,18,20);1H. The first-order valence-corrected chi connectivity index (χ1v) is 9.68. The molecule has 1 aromatic carbocycles. The van der Waals surface area contributed by atoms with Gasteiger partial charge in [0.15, 0.2) is 0 Å². The van der Waals surface area contributed by atoms with Gasteiger partial charge in [-0.3, -0.25) is 9.52 Å². The molecule has 1 amide bonds. The molecule has 0 radical (unpaired) electrons. The van der Waals surface area contributed by atoms with Crippen LogP contribution in [0, 0.1) is 5.92 Å². The fraction of sp³-hybridized carbons (Fsp3) is 0.562. The van der Waals surface area contributed by atoms with E-state index in [1.165, 1.54) is 0 Å². The Kier molecular flexibility index (Phi) is 7.99. The Hall–Kier alpha value is -1.31. The molecule has 2 rings (SSSR count). The number of sulfonamides is 1. The molecule has 0 aromatic heterocycles. The molecule has 136 valence electrons. The number of nitrogens with one attached hydrogen (secondary N) is 3. The molecule has 24 heavy (non-hydrogen) atoms. The molecule has 8 heteroatoms. The Morgan fingerprint density at radius 3 is 2.54 bits per heavy atom. The number of hydrogen-bond acceptors (Lipinski definition) is 4. The molecule has 1 heterocycles. The lowest BCUT2D eigenvalue weighted by Crippen LogP contribution is -2.48. The van der Waals surface area contributed by atoms with Crippen LogP contribution in [0.1, 0.15) is 37.0 Å². The average Bonchev–Trinajstić information content (AvgIpc) is 2.49. The number of anilines is 1. The minimum absolute atomic E-state index is 0. The summed E-state index contributed by atoms with van der Waals surface area (Å²) in [4.78, 5) is 12.3. The predicted octanol–water partition coefficient (Wildman–Crippen LogP) is 1.99. The third kappa shape index (κ3) is 5.96. The van der Waals surface area contributed by atoms with Gasteiger partial charge in [-0.1, -0.05) is 13.8 Å². The van der Waals surface area contributed by atoms with Crippen molar-refractivity contribution in [1.29, 1.82) is 0 Å². The van der Waals surface area contributed by atoms with Crippen LogP contribution in [-0.2, 0) is 10.0 Å². The number of benzene rings is 1. The Morgan fingerprint density at radius 2 is 1.96 bits per heavy atom. The first kappa shape index (κ1) is 20.7. The molecule has 1 saturated heterocycles. The number of rotatable bonds is 6. The molecule has 1 aliphatic rings. The number of carbonyl (C=O) groups is 1. The topological polar surface area (TPSA) is 87.3 Å². The molecule has 0 aliphatic carbocycles. The van der Waals surface area contributed by atoms with E-state index in [0.717, 1.165) is 19.5 Å². The van der Waals surface area contributed by atoms with E-state index in [1.54, 1.807) is 24.3 Å². The number of carbonyl (C=O) groups excluding carboxylic acids is 1. The lowest BCUT2D eigenvalue weighted by atomic mass is 9.95. The van der Waals surface area contributed by atoms with Crippen LogP contribution in [0.15, 0.2) is 24.3 Å². The van der Waals surface area contributed by atoms with Gasteiger partial charge in [-0.05, 0) is 56.1 Å². The van der Waals surface area contributed by atoms with Crippen LogP contribution in [0.3, 0.4) is 0 Å². The molecule has 1 fully saturated rings. The highest BCUT2D eigenvalue weighted by Crippen LogP contribution is 2.14. The molecular weight excluding hydrogens is 350 g/mol. The van der Waals surface area contributed by atoms with Crippen molar-refractivity contribution in [3.8, 4) is 0 Å². The van der Waals surface area contributed by atoms with E-state index in [-0.39, 0.29) is 30.1 Å². The Labute approximate surface area is 150 Å². The van der Waals surface area contributed by atoms with E-state index in [4.69, 9.17) is 0 Å². The van der Waals surface area contributed by atoms with Crippen LogP contribution in [0.2, 0.25) is 0 Å². The highest BCUT2D eigenvalue weighted by Gasteiger charge is 2.23. The van der Waals surface area contributed by atoms with Gasteiger partial charge in [0.1, 0.15) is 0 Å². The summed E-state index contributed by atoms with van der Waals surface area (Å²) in [5.41, 5.74) is 1.01. The van der Waals surface area contributed by atoms with E-state index in [1.807, 2.05) is 6.92 Å². The number of piperidine rings is 1. The van der Waals surface area contributed by atoms with E-state index in [9.17, 15) is 13.2 Å². The summed E-state index contributed by atoms with van der Waals surface area (Å²) in [6.07, 6.45) is 1.48. The van der Waals surface area contributed by atoms with Gasteiger partial charge in [0.05, 0.1) is 5.75 Å². The third-order valence-electron chi connectivity index (χ3n) is 4.00. The summed E-state index contributed by atoms with van der Waals surface area (Å²) in [5.74, 6) is 0.364. The Bertz CT molecular complexity index is 634. The maximum Gasteiger partial charge on any atom is 0.251 e. The SMILES string of the molecule is CCCS(=O)(=O)Nc1ccc(C(=O)NC2CCNCC2C)cc1.Cl. The molecule has 0 spiro atoms. The van der Waals surface area contributed by atoms with E-state index < -0.39 is 10.0 Å². The van der Waals surface area contributed by atoms with Gasteiger partial charge in [0.25, 0.3) is 5.91 Å². The molecule has 0 saturated carbocycles. The summed E-state index contributed by atoms with van der Waals surface area (Å²) in [7, 11) is -3.31. The predicted molar refractivity (Wildman–Crippen MR) is 99.3 cm³/mol.